The molecule has 2 rings (SSSR count). The van der Waals surface area contributed by atoms with Crippen LogP contribution in [-0.2, 0) is 11.4 Å². The largest absolute Gasteiger partial charge is 0.484 e. The molecule has 2 aromatic rings. The summed E-state index contributed by atoms with van der Waals surface area (Å²) in [5.74, 6) is 1.19. The quantitative estimate of drug-likeness (QED) is 0.829. The average Bonchev–Trinajstić information content (AvgIpc) is 2.83. The first-order chi connectivity index (χ1) is 9.54. The highest BCUT2D eigenvalue weighted by atomic mass is 79.9. The van der Waals surface area contributed by atoms with E-state index >= 15 is 0 Å². The molecular formula is C14H11BrClNO3. The summed E-state index contributed by atoms with van der Waals surface area (Å²) in [6.45, 7) is 0.242. The first-order valence-electron chi connectivity index (χ1n) is 5.68. The van der Waals surface area contributed by atoms with Crippen molar-refractivity contribution >= 4 is 39.5 Å². The number of primary amides is 1. The third kappa shape index (κ3) is 4.15. The van der Waals surface area contributed by atoms with Crippen molar-refractivity contribution < 1.29 is 13.9 Å². The zero-order chi connectivity index (χ0) is 14.5. The van der Waals surface area contributed by atoms with Gasteiger partial charge in [-0.05, 0) is 36.4 Å². The van der Waals surface area contributed by atoms with E-state index in [2.05, 4.69) is 15.9 Å². The van der Waals surface area contributed by atoms with Crippen LogP contribution < -0.4 is 10.5 Å². The van der Waals surface area contributed by atoms with E-state index in [4.69, 9.17) is 26.5 Å². The molecule has 20 heavy (non-hydrogen) atoms. The van der Waals surface area contributed by atoms with Crippen molar-refractivity contribution in [3.63, 3.8) is 0 Å². The van der Waals surface area contributed by atoms with Crippen LogP contribution in [0.25, 0.3) is 6.08 Å². The van der Waals surface area contributed by atoms with Crippen molar-refractivity contribution in [1.29, 1.82) is 0 Å². The maximum absolute atomic E-state index is 10.6. The molecule has 2 N–H and O–H groups in total. The number of nitrogens with two attached hydrogens (primary N) is 1. The van der Waals surface area contributed by atoms with E-state index in [1.54, 1.807) is 24.3 Å². The van der Waals surface area contributed by atoms with Gasteiger partial charge in [0.25, 0.3) is 0 Å². The highest BCUT2D eigenvalue weighted by molar-refractivity contribution is 9.10. The zero-order valence-corrected chi connectivity index (χ0v) is 12.6. The molecule has 0 fully saturated rings. The van der Waals surface area contributed by atoms with Crippen LogP contribution in [-0.4, -0.2) is 5.91 Å². The molecule has 0 spiro atoms. The summed E-state index contributed by atoms with van der Waals surface area (Å²) in [6.07, 6.45) is 2.73. The number of carbonyl (C=O) groups is 1. The van der Waals surface area contributed by atoms with Gasteiger partial charge in [-0.15, -0.1) is 0 Å². The number of amides is 1. The van der Waals surface area contributed by atoms with Crippen molar-refractivity contribution in [3.8, 4) is 5.75 Å². The predicted octanol–water partition coefficient (Wildman–Crippen LogP) is 3.77. The Morgan fingerprint density at radius 3 is 2.90 bits per heavy atom. The molecule has 0 aliphatic carbocycles. The molecular weight excluding hydrogens is 346 g/mol. The summed E-state index contributed by atoms with van der Waals surface area (Å²) in [5, 5.41) is 0.514. The van der Waals surface area contributed by atoms with Gasteiger partial charge in [0.15, 0.2) is 0 Å². The van der Waals surface area contributed by atoms with Crippen molar-refractivity contribution in [3.05, 3.63) is 57.4 Å². The highest BCUT2D eigenvalue weighted by Crippen LogP contribution is 2.28. The number of furan rings is 1. The van der Waals surface area contributed by atoms with Gasteiger partial charge in [-0.2, -0.15) is 0 Å². The van der Waals surface area contributed by atoms with E-state index in [1.807, 2.05) is 6.07 Å². The molecule has 0 aliphatic heterocycles. The van der Waals surface area contributed by atoms with Crippen LogP contribution in [0.15, 0.2) is 45.3 Å². The van der Waals surface area contributed by atoms with Crippen LogP contribution in [0.1, 0.15) is 11.5 Å². The van der Waals surface area contributed by atoms with E-state index in [-0.39, 0.29) is 6.61 Å². The fraction of sp³-hybridized carbons (Fsp3) is 0.0714. The third-order valence-electron chi connectivity index (χ3n) is 2.36. The van der Waals surface area contributed by atoms with E-state index in [0.717, 1.165) is 4.47 Å². The molecule has 0 bridgehead atoms. The Bertz CT molecular complexity index is 652. The van der Waals surface area contributed by atoms with Crippen LogP contribution >= 0.6 is 27.5 Å². The Balaban J connectivity index is 1.99. The highest BCUT2D eigenvalue weighted by Gasteiger charge is 2.05. The smallest absolute Gasteiger partial charge is 0.241 e. The van der Waals surface area contributed by atoms with Crippen molar-refractivity contribution in [1.82, 2.24) is 0 Å². The van der Waals surface area contributed by atoms with Gasteiger partial charge in [0, 0.05) is 10.5 Å². The van der Waals surface area contributed by atoms with Crippen LogP contribution in [0.2, 0.25) is 5.02 Å². The molecule has 0 radical (unpaired) electrons. The molecule has 0 atom stereocenters. The first-order valence-corrected chi connectivity index (χ1v) is 6.86. The van der Waals surface area contributed by atoms with Crippen LogP contribution in [0.5, 0.6) is 5.75 Å². The third-order valence-corrected chi connectivity index (χ3v) is 3.15. The van der Waals surface area contributed by atoms with Crippen molar-refractivity contribution in [2.75, 3.05) is 0 Å². The lowest BCUT2D eigenvalue weighted by Gasteiger charge is -2.06. The molecule has 6 heteroatoms. The van der Waals surface area contributed by atoms with Gasteiger partial charge in [-0.1, -0.05) is 27.5 Å². The van der Waals surface area contributed by atoms with Crippen LogP contribution in [0, 0.1) is 0 Å². The fourth-order valence-electron chi connectivity index (χ4n) is 1.47. The lowest BCUT2D eigenvalue weighted by Crippen LogP contribution is -2.04. The Morgan fingerprint density at radius 2 is 2.20 bits per heavy atom. The molecule has 1 amide bonds. The fourth-order valence-corrected chi connectivity index (χ4v) is 2.20. The number of ether oxygens (including phenoxy) is 1. The van der Waals surface area contributed by atoms with Crippen LogP contribution in [0.4, 0.5) is 0 Å². The van der Waals surface area contributed by atoms with Gasteiger partial charge in [0.05, 0.1) is 5.02 Å². The second kappa shape index (κ2) is 6.63. The molecule has 0 aliphatic rings. The number of hydrogen-bond donors (Lipinski definition) is 1. The summed E-state index contributed by atoms with van der Waals surface area (Å²) >= 11 is 9.36. The Morgan fingerprint density at radius 1 is 1.40 bits per heavy atom. The molecule has 1 heterocycles. The topological polar surface area (TPSA) is 65.5 Å². The average molecular weight is 357 g/mol. The Hall–Kier alpha value is -1.72. The van der Waals surface area contributed by atoms with Gasteiger partial charge in [0.1, 0.15) is 23.9 Å². The number of carbonyl (C=O) groups excluding carboxylic acids is 1. The van der Waals surface area contributed by atoms with E-state index in [1.165, 1.54) is 12.2 Å². The molecule has 1 aromatic heterocycles. The zero-order valence-electron chi connectivity index (χ0n) is 10.3. The summed E-state index contributed by atoms with van der Waals surface area (Å²) in [5.41, 5.74) is 5.00. The first kappa shape index (κ1) is 14.7. The molecule has 1 aromatic carbocycles. The summed E-state index contributed by atoms with van der Waals surface area (Å²) in [6, 6.07) is 8.84. The predicted molar refractivity (Wildman–Crippen MR) is 80.4 cm³/mol. The number of hydrogen-bond acceptors (Lipinski definition) is 3. The summed E-state index contributed by atoms with van der Waals surface area (Å²) in [4.78, 5) is 10.6. The maximum Gasteiger partial charge on any atom is 0.241 e. The monoisotopic (exact) mass is 355 g/mol. The SMILES string of the molecule is NC(=O)/C=C\c1ccc(COc2ccc(Br)cc2Cl)o1. The summed E-state index contributed by atoms with van der Waals surface area (Å²) < 4.78 is 11.9. The molecule has 0 saturated carbocycles. The molecule has 4 nitrogen and oxygen atoms in total. The van der Waals surface area contributed by atoms with Crippen LogP contribution in [0.3, 0.4) is 0 Å². The van der Waals surface area contributed by atoms with Gasteiger partial charge < -0.3 is 14.9 Å². The molecule has 104 valence electrons. The lowest BCUT2D eigenvalue weighted by atomic mass is 10.3. The standard InChI is InChI=1S/C14H11BrClNO3/c15-9-1-5-13(12(16)7-9)19-8-11-3-2-10(20-11)4-6-14(17)18/h1-7H,8H2,(H2,17,18)/b6-4-. The van der Waals surface area contributed by atoms with Crippen molar-refractivity contribution in [2.45, 2.75) is 6.61 Å². The Kier molecular flexibility index (Phi) is 4.87. The molecule has 0 unspecified atom stereocenters. The normalized spacial score (nSPS) is 10.9. The number of rotatable bonds is 5. The number of benzene rings is 1. The second-order valence-electron chi connectivity index (χ2n) is 3.90. The molecule has 0 saturated heterocycles. The van der Waals surface area contributed by atoms with Gasteiger partial charge in [0.2, 0.25) is 5.91 Å². The van der Waals surface area contributed by atoms with Gasteiger partial charge in [-0.3, -0.25) is 4.79 Å². The maximum atomic E-state index is 10.6. The van der Waals surface area contributed by atoms with E-state index < -0.39 is 5.91 Å². The lowest BCUT2D eigenvalue weighted by molar-refractivity contribution is -0.113. The minimum atomic E-state index is -0.527. The summed E-state index contributed by atoms with van der Waals surface area (Å²) in [7, 11) is 0. The Labute approximate surface area is 129 Å². The minimum absolute atomic E-state index is 0.242. The van der Waals surface area contributed by atoms with Gasteiger partial charge >= 0.3 is 0 Å². The van der Waals surface area contributed by atoms with Gasteiger partial charge in [-0.25, -0.2) is 0 Å². The van der Waals surface area contributed by atoms with Crippen molar-refractivity contribution in [2.24, 2.45) is 5.73 Å². The van der Waals surface area contributed by atoms with E-state index in [0.29, 0.717) is 22.3 Å². The minimum Gasteiger partial charge on any atom is -0.484 e. The van der Waals surface area contributed by atoms with E-state index in [9.17, 15) is 4.79 Å². The second-order valence-corrected chi connectivity index (χ2v) is 5.23. The number of halogens is 2.